The lowest BCUT2D eigenvalue weighted by Crippen LogP contribution is -2.34. The number of aromatic nitrogens is 4. The minimum atomic E-state index is -0.371. The van der Waals surface area contributed by atoms with Gasteiger partial charge in [0.05, 0.1) is 20.7 Å². The van der Waals surface area contributed by atoms with E-state index in [4.69, 9.17) is 0 Å². The molecule has 0 radical (unpaired) electrons. The number of hydrogen-bond donors (Lipinski definition) is 0. The number of fused-ring (bicyclic) bond motifs is 3. The molecule has 0 spiro atoms. The fourth-order valence-electron chi connectivity index (χ4n) is 3.43. The van der Waals surface area contributed by atoms with Gasteiger partial charge in [0.25, 0.3) is 11.8 Å². The van der Waals surface area contributed by atoms with Gasteiger partial charge in [-0.25, -0.2) is 9.97 Å². The van der Waals surface area contributed by atoms with Crippen LogP contribution in [0.3, 0.4) is 0 Å². The van der Waals surface area contributed by atoms with E-state index < -0.39 is 0 Å². The number of rotatable bonds is 6. The topological polar surface area (TPSA) is 88.9 Å². The number of hydrogen-bond acceptors (Lipinski definition) is 7. The molecular formula is C18H17Br2N5O2S. The predicted octanol–water partition coefficient (Wildman–Crippen LogP) is 4.97. The molecule has 146 valence electrons. The first-order valence-electron chi connectivity index (χ1n) is 9.15. The van der Waals surface area contributed by atoms with Crippen molar-refractivity contribution in [3.8, 4) is 0 Å². The number of carbonyl (C=O) groups is 2. The molecule has 1 aliphatic rings. The summed E-state index contributed by atoms with van der Waals surface area (Å²) in [5.74, 6) is -0.457. The lowest BCUT2D eigenvalue weighted by Gasteiger charge is -2.20. The summed E-state index contributed by atoms with van der Waals surface area (Å²) in [6.07, 6.45) is 4.08. The summed E-state index contributed by atoms with van der Waals surface area (Å²) in [5, 5.41) is 0. The maximum absolute atomic E-state index is 12.9. The third-order valence-electron chi connectivity index (χ3n) is 5.10. The summed E-state index contributed by atoms with van der Waals surface area (Å²) >= 11 is 8.09. The second kappa shape index (κ2) is 7.72. The molecule has 1 aliphatic heterocycles. The Labute approximate surface area is 182 Å². The van der Waals surface area contributed by atoms with Crippen LogP contribution < -0.4 is 0 Å². The van der Waals surface area contributed by atoms with E-state index in [1.54, 1.807) is 0 Å². The number of unbranched alkanes of at least 4 members (excludes halogenated alkanes) is 1. The Balaban J connectivity index is 1.79. The van der Waals surface area contributed by atoms with Crippen LogP contribution in [0.5, 0.6) is 0 Å². The molecule has 10 heteroatoms. The molecule has 0 saturated carbocycles. The van der Waals surface area contributed by atoms with Crippen LogP contribution in [-0.2, 0) is 0 Å². The van der Waals surface area contributed by atoms with Crippen molar-refractivity contribution in [3.63, 3.8) is 0 Å². The zero-order valence-electron chi connectivity index (χ0n) is 15.3. The largest absolute Gasteiger partial charge is 0.281 e. The van der Waals surface area contributed by atoms with Crippen molar-refractivity contribution in [1.82, 2.24) is 23.6 Å². The first-order valence-corrected chi connectivity index (χ1v) is 11.5. The van der Waals surface area contributed by atoms with Crippen molar-refractivity contribution >= 4 is 77.5 Å². The van der Waals surface area contributed by atoms with Gasteiger partial charge in [0.15, 0.2) is 11.4 Å². The Morgan fingerprint density at radius 2 is 1.46 bits per heavy atom. The van der Waals surface area contributed by atoms with Crippen molar-refractivity contribution in [2.75, 3.05) is 6.54 Å². The first kappa shape index (κ1) is 19.8. The smallest absolute Gasteiger partial charge is 0.271 e. The van der Waals surface area contributed by atoms with Gasteiger partial charge >= 0.3 is 0 Å². The maximum Gasteiger partial charge on any atom is 0.281 e. The normalized spacial score (nSPS) is 15.1. The molecule has 0 aliphatic carbocycles. The van der Waals surface area contributed by atoms with Gasteiger partial charge in [-0.1, -0.05) is 33.1 Å². The second-order valence-corrected chi connectivity index (χ2v) is 8.96. The van der Waals surface area contributed by atoms with Gasteiger partial charge in [0, 0.05) is 6.54 Å². The van der Waals surface area contributed by atoms with Crippen LogP contribution in [0, 0.1) is 5.92 Å². The van der Waals surface area contributed by atoms with Gasteiger partial charge in [-0.05, 0) is 44.2 Å². The van der Waals surface area contributed by atoms with Crippen molar-refractivity contribution in [3.05, 3.63) is 20.3 Å². The monoisotopic (exact) mass is 525 g/mol. The highest BCUT2D eigenvalue weighted by Crippen LogP contribution is 2.38. The summed E-state index contributed by atoms with van der Waals surface area (Å²) in [6, 6.07) is 0. The lowest BCUT2D eigenvalue weighted by atomic mass is 9.99. The molecular weight excluding hydrogens is 510 g/mol. The molecule has 2 amide bonds. The summed E-state index contributed by atoms with van der Waals surface area (Å²) in [5.41, 5.74) is 2.50. The number of amides is 2. The molecule has 1 unspecified atom stereocenters. The predicted molar refractivity (Wildman–Crippen MR) is 115 cm³/mol. The molecule has 1 atom stereocenters. The van der Waals surface area contributed by atoms with E-state index in [2.05, 4.69) is 64.4 Å². The minimum Gasteiger partial charge on any atom is -0.271 e. The zero-order chi connectivity index (χ0) is 20.0. The van der Waals surface area contributed by atoms with E-state index in [1.165, 1.54) is 4.90 Å². The molecule has 4 rings (SSSR count). The lowest BCUT2D eigenvalue weighted by molar-refractivity contribution is 0.0620. The average molecular weight is 527 g/mol. The summed E-state index contributed by atoms with van der Waals surface area (Å²) < 4.78 is 9.79. The molecule has 0 N–H and O–H groups in total. The van der Waals surface area contributed by atoms with Crippen LogP contribution in [0.2, 0.25) is 0 Å². The Morgan fingerprint density at radius 3 is 1.93 bits per heavy atom. The second-order valence-electron chi connectivity index (χ2n) is 6.84. The molecule has 0 bridgehead atoms. The number of imide groups is 1. The quantitative estimate of drug-likeness (QED) is 0.421. The molecule has 2 aromatic heterocycles. The van der Waals surface area contributed by atoms with Gasteiger partial charge < -0.3 is 0 Å². The van der Waals surface area contributed by atoms with Crippen LogP contribution in [-0.4, -0.2) is 42.0 Å². The van der Waals surface area contributed by atoms with Crippen molar-refractivity contribution in [2.24, 2.45) is 5.92 Å². The van der Waals surface area contributed by atoms with Crippen LogP contribution in [0.1, 0.15) is 60.5 Å². The third-order valence-corrected chi connectivity index (χ3v) is 7.13. The molecule has 28 heavy (non-hydrogen) atoms. The number of carbonyl (C=O) groups excluding carboxylic acids is 2. The fraction of sp³-hybridized carbons (Fsp3) is 0.444. The van der Waals surface area contributed by atoms with E-state index in [0.717, 1.165) is 37.4 Å². The van der Waals surface area contributed by atoms with Gasteiger partial charge in [0.2, 0.25) is 0 Å². The van der Waals surface area contributed by atoms with E-state index in [9.17, 15) is 9.59 Å². The molecule has 3 aromatic rings. The zero-order valence-corrected chi connectivity index (χ0v) is 19.3. The molecule has 1 aromatic carbocycles. The summed E-state index contributed by atoms with van der Waals surface area (Å²) in [7, 11) is 0. The van der Waals surface area contributed by atoms with Crippen molar-refractivity contribution in [1.29, 1.82) is 0 Å². The number of halogens is 2. The molecule has 0 saturated heterocycles. The minimum absolute atomic E-state index is 0.109. The molecule has 0 fully saturated rings. The standard InChI is InChI=1S/C18H17Br2N5O2S/c1-3-5-6-8(4-2)7-25-17(26)15-16(18(25)27)22-12-10(20)14-13(23-28-24-14)9(19)11(12)21-15/h8H,3-7H2,1-2H3. The van der Waals surface area contributed by atoms with Crippen LogP contribution in [0.4, 0.5) is 0 Å². The van der Waals surface area contributed by atoms with E-state index in [0.29, 0.717) is 37.6 Å². The van der Waals surface area contributed by atoms with Gasteiger partial charge in [0.1, 0.15) is 22.1 Å². The summed E-state index contributed by atoms with van der Waals surface area (Å²) in [6.45, 7) is 4.63. The van der Waals surface area contributed by atoms with E-state index in [1.807, 2.05) is 0 Å². The Bertz CT molecular complexity index is 1040. The van der Waals surface area contributed by atoms with Crippen LogP contribution in [0.15, 0.2) is 8.95 Å². The third kappa shape index (κ3) is 3.05. The van der Waals surface area contributed by atoms with E-state index >= 15 is 0 Å². The first-order chi connectivity index (χ1) is 13.5. The number of benzene rings is 1. The maximum atomic E-state index is 12.9. The Kier molecular flexibility index (Phi) is 5.45. The highest BCUT2D eigenvalue weighted by Gasteiger charge is 2.40. The van der Waals surface area contributed by atoms with Gasteiger partial charge in [-0.3, -0.25) is 14.5 Å². The molecule has 3 heterocycles. The van der Waals surface area contributed by atoms with E-state index in [-0.39, 0.29) is 29.1 Å². The van der Waals surface area contributed by atoms with Gasteiger partial charge in [-0.2, -0.15) is 8.75 Å². The number of nitrogens with zero attached hydrogens (tertiary/aromatic N) is 5. The van der Waals surface area contributed by atoms with Crippen LogP contribution in [0.25, 0.3) is 22.1 Å². The Hall–Kier alpha value is -1.52. The van der Waals surface area contributed by atoms with Gasteiger partial charge in [-0.15, -0.1) is 0 Å². The Morgan fingerprint density at radius 1 is 0.929 bits per heavy atom. The van der Waals surface area contributed by atoms with Crippen molar-refractivity contribution in [2.45, 2.75) is 39.5 Å². The fourth-order valence-corrected chi connectivity index (χ4v) is 5.33. The highest BCUT2D eigenvalue weighted by molar-refractivity contribution is 9.11. The average Bonchev–Trinajstić information content (AvgIpc) is 3.28. The summed E-state index contributed by atoms with van der Waals surface area (Å²) in [4.78, 5) is 36.2. The van der Waals surface area contributed by atoms with Crippen LogP contribution >= 0.6 is 43.6 Å². The van der Waals surface area contributed by atoms with Crippen molar-refractivity contribution < 1.29 is 9.59 Å². The highest BCUT2D eigenvalue weighted by atomic mass is 79.9. The SMILES string of the molecule is CCCCC(CC)CN1C(=O)c2nc3c(Br)c4nsnc4c(Br)c3nc2C1=O. The molecule has 7 nitrogen and oxygen atoms in total.